The Labute approximate surface area is 101 Å². The van der Waals surface area contributed by atoms with Crippen LogP contribution < -0.4 is 15.8 Å². The van der Waals surface area contributed by atoms with Gasteiger partial charge in [-0.3, -0.25) is 4.79 Å². The molecule has 5 nitrogen and oxygen atoms in total. The molecule has 17 heavy (non-hydrogen) atoms. The lowest BCUT2D eigenvalue weighted by atomic mass is 10.2. The van der Waals surface area contributed by atoms with Crippen LogP contribution in [0.5, 0.6) is 0 Å². The Bertz CT molecular complexity index is 440. The molecule has 1 aromatic rings. The van der Waals surface area contributed by atoms with Gasteiger partial charge in [0.2, 0.25) is 0 Å². The van der Waals surface area contributed by atoms with Gasteiger partial charge < -0.3 is 14.8 Å². The fourth-order valence-electron chi connectivity index (χ4n) is 2.16. The Morgan fingerprint density at radius 2 is 2.29 bits per heavy atom. The average Bonchev–Trinajstić information content (AvgIpc) is 2.29. The van der Waals surface area contributed by atoms with Gasteiger partial charge in [-0.25, -0.2) is 4.98 Å². The lowest BCUT2D eigenvalue weighted by Gasteiger charge is -2.32. The van der Waals surface area contributed by atoms with E-state index in [1.54, 1.807) is 17.0 Å². The zero-order valence-corrected chi connectivity index (χ0v) is 10.7. The number of nitrogens with zero attached hydrogens (tertiary/aromatic N) is 3. The molecular formula is C12H20N4O. The Balaban J connectivity index is 2.32. The van der Waals surface area contributed by atoms with Gasteiger partial charge in [0.1, 0.15) is 0 Å². The van der Waals surface area contributed by atoms with Crippen LogP contribution in [-0.4, -0.2) is 35.2 Å². The Hall–Kier alpha value is -1.36. The van der Waals surface area contributed by atoms with E-state index < -0.39 is 0 Å². The summed E-state index contributed by atoms with van der Waals surface area (Å²) >= 11 is 0. The standard InChI is InChI=1S/C12H20N4O/c1-9(2)16-7-5-14-11(12(16)17)15-6-4-13-10(3)8-15/h5,7,9-10,13H,4,6,8H2,1-3H3/t10-/m1/s1. The van der Waals surface area contributed by atoms with Gasteiger partial charge in [0, 0.05) is 44.1 Å². The van der Waals surface area contributed by atoms with Crippen LogP contribution in [-0.2, 0) is 0 Å². The van der Waals surface area contributed by atoms with Gasteiger partial charge in [-0.2, -0.15) is 0 Å². The molecule has 1 N–H and O–H groups in total. The monoisotopic (exact) mass is 236 g/mol. The molecule has 0 spiro atoms. The number of piperazine rings is 1. The minimum absolute atomic E-state index is 0.0107. The molecule has 0 aliphatic carbocycles. The predicted molar refractivity (Wildman–Crippen MR) is 68.6 cm³/mol. The lowest BCUT2D eigenvalue weighted by Crippen LogP contribution is -2.51. The molecule has 2 rings (SSSR count). The first kappa shape index (κ1) is 12.1. The van der Waals surface area contributed by atoms with Crippen molar-refractivity contribution in [2.24, 2.45) is 0 Å². The fourth-order valence-corrected chi connectivity index (χ4v) is 2.16. The molecule has 0 radical (unpaired) electrons. The maximum atomic E-state index is 12.3. The summed E-state index contributed by atoms with van der Waals surface area (Å²) in [6.07, 6.45) is 3.46. The van der Waals surface area contributed by atoms with Crippen LogP contribution in [0.25, 0.3) is 0 Å². The van der Waals surface area contributed by atoms with Gasteiger partial charge >= 0.3 is 0 Å². The van der Waals surface area contributed by atoms with E-state index in [4.69, 9.17) is 0 Å². The maximum absolute atomic E-state index is 12.3. The van der Waals surface area contributed by atoms with Crippen LogP contribution in [0.4, 0.5) is 5.82 Å². The number of aromatic nitrogens is 2. The summed E-state index contributed by atoms with van der Waals surface area (Å²) in [5.41, 5.74) is 0.0107. The number of rotatable bonds is 2. The smallest absolute Gasteiger partial charge is 0.293 e. The summed E-state index contributed by atoms with van der Waals surface area (Å²) in [6, 6.07) is 0.572. The topological polar surface area (TPSA) is 50.2 Å². The van der Waals surface area contributed by atoms with Crippen molar-refractivity contribution in [1.29, 1.82) is 0 Å². The minimum atomic E-state index is 0.0107. The normalized spacial score (nSPS) is 20.9. The third-order valence-electron chi connectivity index (χ3n) is 3.07. The third kappa shape index (κ3) is 2.49. The molecule has 1 atom stereocenters. The van der Waals surface area contributed by atoms with E-state index in [9.17, 15) is 4.79 Å². The molecule has 0 saturated carbocycles. The number of hydrogen-bond donors (Lipinski definition) is 1. The second-order valence-electron chi connectivity index (χ2n) is 4.86. The van der Waals surface area contributed by atoms with E-state index in [1.807, 2.05) is 13.8 Å². The number of anilines is 1. The highest BCUT2D eigenvalue weighted by atomic mass is 16.1. The van der Waals surface area contributed by atoms with Crippen LogP contribution in [0.2, 0.25) is 0 Å². The van der Waals surface area contributed by atoms with E-state index in [-0.39, 0.29) is 11.6 Å². The summed E-state index contributed by atoms with van der Waals surface area (Å²) in [7, 11) is 0. The van der Waals surface area contributed by atoms with Crippen molar-refractivity contribution in [3.8, 4) is 0 Å². The van der Waals surface area contributed by atoms with Gasteiger partial charge in [0.05, 0.1) is 0 Å². The number of hydrogen-bond acceptors (Lipinski definition) is 4. The summed E-state index contributed by atoms with van der Waals surface area (Å²) in [6.45, 7) is 8.71. The van der Waals surface area contributed by atoms with E-state index in [1.165, 1.54) is 0 Å². The Morgan fingerprint density at radius 1 is 1.53 bits per heavy atom. The van der Waals surface area contributed by atoms with Crippen LogP contribution in [0, 0.1) is 0 Å². The van der Waals surface area contributed by atoms with Crippen molar-refractivity contribution in [3.63, 3.8) is 0 Å². The predicted octanol–water partition coefficient (Wildman–Crippen LogP) is 0.622. The van der Waals surface area contributed by atoms with Crippen molar-refractivity contribution in [3.05, 3.63) is 22.7 Å². The molecule has 0 aromatic carbocycles. The largest absolute Gasteiger partial charge is 0.349 e. The molecule has 2 heterocycles. The lowest BCUT2D eigenvalue weighted by molar-refractivity contribution is 0.477. The van der Waals surface area contributed by atoms with Crippen molar-refractivity contribution >= 4 is 5.82 Å². The second kappa shape index (κ2) is 4.87. The van der Waals surface area contributed by atoms with Crippen molar-refractivity contribution in [1.82, 2.24) is 14.9 Å². The third-order valence-corrected chi connectivity index (χ3v) is 3.07. The highest BCUT2D eigenvalue weighted by Crippen LogP contribution is 2.09. The van der Waals surface area contributed by atoms with Gasteiger partial charge in [0.15, 0.2) is 5.82 Å². The molecule has 1 aliphatic heterocycles. The molecule has 0 unspecified atom stereocenters. The molecule has 94 valence electrons. The zero-order valence-electron chi connectivity index (χ0n) is 10.7. The quantitative estimate of drug-likeness (QED) is 0.818. The highest BCUT2D eigenvalue weighted by molar-refractivity contribution is 5.36. The average molecular weight is 236 g/mol. The van der Waals surface area contributed by atoms with E-state index in [0.29, 0.717) is 11.9 Å². The van der Waals surface area contributed by atoms with Crippen LogP contribution in [0.1, 0.15) is 26.8 Å². The van der Waals surface area contributed by atoms with Gasteiger partial charge in [-0.15, -0.1) is 0 Å². The molecular weight excluding hydrogens is 216 g/mol. The van der Waals surface area contributed by atoms with Gasteiger partial charge in [0.25, 0.3) is 5.56 Å². The van der Waals surface area contributed by atoms with E-state index >= 15 is 0 Å². The van der Waals surface area contributed by atoms with E-state index in [2.05, 4.69) is 22.1 Å². The van der Waals surface area contributed by atoms with Crippen LogP contribution >= 0.6 is 0 Å². The fraction of sp³-hybridized carbons (Fsp3) is 0.667. The molecule has 0 amide bonds. The first-order valence-corrected chi connectivity index (χ1v) is 6.15. The molecule has 1 saturated heterocycles. The van der Waals surface area contributed by atoms with Gasteiger partial charge in [-0.1, -0.05) is 0 Å². The first-order chi connectivity index (χ1) is 8.09. The molecule has 1 aliphatic rings. The number of nitrogens with one attached hydrogen (secondary N) is 1. The maximum Gasteiger partial charge on any atom is 0.293 e. The Morgan fingerprint density at radius 3 is 2.94 bits per heavy atom. The summed E-state index contributed by atoms with van der Waals surface area (Å²) < 4.78 is 1.73. The molecule has 0 bridgehead atoms. The van der Waals surface area contributed by atoms with Gasteiger partial charge in [-0.05, 0) is 20.8 Å². The SMILES string of the molecule is CC(C)n1ccnc(N2CCN[C@H](C)C2)c1=O. The van der Waals surface area contributed by atoms with Crippen molar-refractivity contribution in [2.45, 2.75) is 32.9 Å². The van der Waals surface area contributed by atoms with E-state index in [0.717, 1.165) is 19.6 Å². The summed E-state index contributed by atoms with van der Waals surface area (Å²) in [4.78, 5) is 18.6. The second-order valence-corrected chi connectivity index (χ2v) is 4.86. The first-order valence-electron chi connectivity index (χ1n) is 6.15. The highest BCUT2D eigenvalue weighted by Gasteiger charge is 2.20. The zero-order chi connectivity index (χ0) is 12.4. The molecule has 5 heteroatoms. The van der Waals surface area contributed by atoms with Crippen molar-refractivity contribution < 1.29 is 0 Å². The summed E-state index contributed by atoms with van der Waals surface area (Å²) in [5, 5.41) is 3.36. The molecule has 1 aromatic heterocycles. The van der Waals surface area contributed by atoms with Crippen LogP contribution in [0.3, 0.4) is 0 Å². The van der Waals surface area contributed by atoms with Crippen molar-refractivity contribution in [2.75, 3.05) is 24.5 Å². The Kier molecular flexibility index (Phi) is 3.47. The molecule has 1 fully saturated rings. The van der Waals surface area contributed by atoms with Crippen LogP contribution in [0.15, 0.2) is 17.2 Å². The summed E-state index contributed by atoms with van der Waals surface area (Å²) in [5.74, 6) is 0.578. The minimum Gasteiger partial charge on any atom is -0.349 e.